The second kappa shape index (κ2) is 18.5. The van der Waals surface area contributed by atoms with Crippen LogP contribution in [0.15, 0.2) is 0 Å². The summed E-state index contributed by atoms with van der Waals surface area (Å²) in [5.74, 6) is 0. The van der Waals surface area contributed by atoms with Crippen molar-refractivity contribution in [1.82, 2.24) is 0 Å². The van der Waals surface area contributed by atoms with Crippen molar-refractivity contribution in [3.8, 4) is 0 Å². The van der Waals surface area contributed by atoms with E-state index in [1.54, 1.807) is 0 Å². The summed E-state index contributed by atoms with van der Waals surface area (Å²) >= 11 is 0. The Kier molecular flexibility index (Phi) is 33.3. The minimum Gasteiger partial charge on any atom is -0.744 e. The summed E-state index contributed by atoms with van der Waals surface area (Å²) in [6, 6.07) is 0. The normalized spacial score (nSPS) is 5.77. The van der Waals surface area contributed by atoms with E-state index in [2.05, 4.69) is 0 Å². The maximum Gasteiger partial charge on any atom is 3.00 e. The predicted octanol–water partition coefficient (Wildman–Crippen LogP) is -1.70. The van der Waals surface area contributed by atoms with Crippen molar-refractivity contribution in [3.63, 3.8) is 0 Å². The number of hydrogen-bond acceptors (Lipinski definition) is 9. The molecule has 0 rings (SSSR count). The molecule has 0 aliphatic rings. The molecule has 0 aromatic carbocycles. The van der Waals surface area contributed by atoms with Crippen molar-refractivity contribution >= 4 is 23.7 Å². The van der Waals surface area contributed by atoms with Crippen LogP contribution in [0.3, 0.4) is 0 Å². The molecule has 0 saturated carbocycles. The molecule has 0 aliphatic heterocycles. The molecule has 0 aromatic rings. The zero-order chi connectivity index (χ0) is 10.7. The molecule has 0 bridgehead atoms. The molecule has 0 amide bonds. The maximum atomic E-state index is 8.48. The summed E-state index contributed by atoms with van der Waals surface area (Å²) in [6.45, 7) is 0. The quantitative estimate of drug-likeness (QED) is 0.470. The number of hydrogen-bond donors (Lipinski definition) is 0. The van der Waals surface area contributed by atoms with E-state index in [1.165, 1.54) is 0 Å². The molecule has 0 aliphatic carbocycles. The summed E-state index contributed by atoms with van der Waals surface area (Å²) in [5, 5.41) is 0. The molecule has 13 heavy (non-hydrogen) atoms. The van der Waals surface area contributed by atoms with Gasteiger partial charge in [-0.25, -0.2) is 0 Å². The SMILES string of the molecule is O=P(=O)[O-].O=P(=O)[O-].O=P(=O)[O-].[Y+3]. The molecule has 13 heteroatoms. The molecule has 0 unspecified atom stereocenters. The Morgan fingerprint density at radius 2 is 0.538 bits per heavy atom. The van der Waals surface area contributed by atoms with Gasteiger partial charge in [0.05, 0.1) is 0 Å². The van der Waals surface area contributed by atoms with Crippen molar-refractivity contribution in [2.75, 3.05) is 0 Å². The van der Waals surface area contributed by atoms with E-state index >= 15 is 0 Å². The molecular formula is O9P3Y. The van der Waals surface area contributed by atoms with E-state index in [0.29, 0.717) is 0 Å². The molecular weight excluding hydrogens is 326 g/mol. The largest absolute Gasteiger partial charge is 3.00 e. The van der Waals surface area contributed by atoms with Gasteiger partial charge in [0.25, 0.3) is 0 Å². The van der Waals surface area contributed by atoms with Crippen LogP contribution in [-0.4, -0.2) is 0 Å². The summed E-state index contributed by atoms with van der Waals surface area (Å²) in [4.78, 5) is 25.4. The van der Waals surface area contributed by atoms with Crippen LogP contribution in [0, 0.1) is 0 Å². The zero-order valence-electron chi connectivity index (χ0n) is 5.59. The molecule has 0 spiro atoms. The molecule has 0 atom stereocenters. The van der Waals surface area contributed by atoms with Gasteiger partial charge in [0.2, 0.25) is 23.7 Å². The Balaban J connectivity index is -0.0000000450. The van der Waals surface area contributed by atoms with Gasteiger partial charge in [0, 0.05) is 0 Å². The van der Waals surface area contributed by atoms with Crippen molar-refractivity contribution in [2.45, 2.75) is 0 Å². The topological polar surface area (TPSA) is 172 Å². The third-order valence-electron chi connectivity index (χ3n) is 0. The molecule has 0 fully saturated rings. The van der Waals surface area contributed by atoms with Gasteiger partial charge in [-0.05, 0) is 0 Å². The second-order valence-electron chi connectivity index (χ2n) is 0.671. The summed E-state index contributed by atoms with van der Waals surface area (Å²) in [5.41, 5.74) is 0. The molecule has 0 radical (unpaired) electrons. The van der Waals surface area contributed by atoms with E-state index in [1.807, 2.05) is 0 Å². The van der Waals surface area contributed by atoms with Crippen LogP contribution in [0.5, 0.6) is 0 Å². The average Bonchev–Trinajstić information content (AvgIpc) is 1.54. The molecule has 0 N–H and O–H groups in total. The molecule has 0 aromatic heterocycles. The van der Waals surface area contributed by atoms with Crippen molar-refractivity contribution in [2.24, 2.45) is 0 Å². The van der Waals surface area contributed by atoms with Crippen LogP contribution in [0.1, 0.15) is 0 Å². The van der Waals surface area contributed by atoms with E-state index in [9.17, 15) is 0 Å². The van der Waals surface area contributed by atoms with Crippen molar-refractivity contribution < 1.29 is 74.8 Å². The fourth-order valence-corrected chi connectivity index (χ4v) is 0. The van der Waals surface area contributed by atoms with Crippen LogP contribution >= 0.6 is 23.7 Å². The summed E-state index contributed by atoms with van der Waals surface area (Å²) in [6.07, 6.45) is 0. The van der Waals surface area contributed by atoms with Crippen molar-refractivity contribution in [3.05, 3.63) is 0 Å². The fraction of sp³-hybridized carbons (Fsp3) is 0. The van der Waals surface area contributed by atoms with Crippen molar-refractivity contribution in [1.29, 1.82) is 0 Å². The van der Waals surface area contributed by atoms with E-state index in [-0.39, 0.29) is 32.7 Å². The van der Waals surface area contributed by atoms with Gasteiger partial charge in [0.15, 0.2) is 0 Å². The van der Waals surface area contributed by atoms with Gasteiger partial charge >= 0.3 is 32.7 Å². The smallest absolute Gasteiger partial charge is 0.744 e. The summed E-state index contributed by atoms with van der Waals surface area (Å²) in [7, 11) is -10.1. The van der Waals surface area contributed by atoms with Gasteiger partial charge < -0.3 is 14.7 Å². The first kappa shape index (κ1) is 23.5. The Morgan fingerprint density at radius 3 is 0.538 bits per heavy atom. The fourth-order valence-electron chi connectivity index (χ4n) is 0. The minimum absolute atomic E-state index is 0. The standard InChI is InChI=1S/3HO3P.Y/c3*1-4(2)3;/h3*(H,1,2,3);/q;;;+3/p-3. The average molecular weight is 326 g/mol. The first-order valence-corrected chi connectivity index (χ1v) is 4.93. The third kappa shape index (κ3) is 3100. The van der Waals surface area contributed by atoms with Crippen LogP contribution in [0.2, 0.25) is 0 Å². The van der Waals surface area contributed by atoms with Crippen LogP contribution in [0.25, 0.3) is 0 Å². The monoisotopic (exact) mass is 326 g/mol. The van der Waals surface area contributed by atoms with E-state index in [0.717, 1.165) is 0 Å². The molecule has 9 nitrogen and oxygen atoms in total. The molecule has 0 saturated heterocycles. The third-order valence-corrected chi connectivity index (χ3v) is 0. The molecule has 72 valence electrons. The van der Waals surface area contributed by atoms with Crippen LogP contribution < -0.4 is 14.7 Å². The maximum absolute atomic E-state index is 8.48. The Bertz CT molecular complexity index is 208. The number of rotatable bonds is 0. The zero-order valence-corrected chi connectivity index (χ0v) is 11.1. The van der Waals surface area contributed by atoms with Crippen LogP contribution in [-0.2, 0) is 60.1 Å². The Labute approximate surface area is 98.1 Å². The van der Waals surface area contributed by atoms with Gasteiger partial charge in [0.1, 0.15) is 0 Å². The molecule has 0 heterocycles. The van der Waals surface area contributed by atoms with Gasteiger partial charge in [-0.1, -0.05) is 0 Å². The summed E-state index contributed by atoms with van der Waals surface area (Å²) < 4.78 is 50.9. The predicted molar refractivity (Wildman–Crippen MR) is 24.9 cm³/mol. The Morgan fingerprint density at radius 1 is 0.538 bits per heavy atom. The van der Waals surface area contributed by atoms with Gasteiger partial charge in [-0.2, -0.15) is 0 Å². The Hall–Kier alpha value is 0.684. The van der Waals surface area contributed by atoms with Gasteiger partial charge in [-0.15, -0.1) is 0 Å². The first-order valence-electron chi connectivity index (χ1n) is 1.64. The van der Waals surface area contributed by atoms with Crippen LogP contribution in [0.4, 0.5) is 0 Å². The van der Waals surface area contributed by atoms with Gasteiger partial charge in [-0.3, -0.25) is 27.4 Å². The van der Waals surface area contributed by atoms with E-state index < -0.39 is 23.7 Å². The first-order chi connectivity index (χ1) is 5.20. The minimum atomic E-state index is -3.37. The second-order valence-corrected chi connectivity index (χ2v) is 2.01. The van der Waals surface area contributed by atoms with E-state index in [4.69, 9.17) is 42.1 Å².